The van der Waals surface area contributed by atoms with E-state index in [1.165, 1.54) is 0 Å². The van der Waals surface area contributed by atoms with Crippen LogP contribution in [0.3, 0.4) is 0 Å². The van der Waals surface area contributed by atoms with Crippen LogP contribution in [0.5, 0.6) is 0 Å². The van der Waals surface area contributed by atoms with Crippen LogP contribution in [0.2, 0.25) is 0 Å². The third-order valence-corrected chi connectivity index (χ3v) is 3.86. The SMILES string of the molecule is O=S1CCCN1c1cncc(Br)c1. The maximum Gasteiger partial charge on any atom is 0.119 e. The third-order valence-electron chi connectivity index (χ3n) is 1.90. The summed E-state index contributed by atoms with van der Waals surface area (Å²) in [5.74, 6) is 0.770. The molecule has 0 bridgehead atoms. The van der Waals surface area contributed by atoms with Gasteiger partial charge in [-0.2, -0.15) is 0 Å². The number of pyridine rings is 1. The van der Waals surface area contributed by atoms with Crippen molar-refractivity contribution in [1.82, 2.24) is 4.98 Å². The first-order valence-electron chi connectivity index (χ1n) is 4.04. The van der Waals surface area contributed by atoms with Crippen LogP contribution in [-0.2, 0) is 11.0 Å². The summed E-state index contributed by atoms with van der Waals surface area (Å²) in [6, 6.07) is 1.94. The van der Waals surface area contributed by atoms with Gasteiger partial charge in [0.25, 0.3) is 0 Å². The van der Waals surface area contributed by atoms with Crippen molar-refractivity contribution in [1.29, 1.82) is 0 Å². The van der Waals surface area contributed by atoms with Crippen LogP contribution in [0.15, 0.2) is 22.9 Å². The zero-order chi connectivity index (χ0) is 9.26. The van der Waals surface area contributed by atoms with E-state index in [1.54, 1.807) is 12.4 Å². The minimum Gasteiger partial charge on any atom is -0.290 e. The molecule has 2 heterocycles. The zero-order valence-electron chi connectivity index (χ0n) is 6.94. The number of aromatic nitrogens is 1. The second-order valence-corrected chi connectivity index (χ2v) is 5.25. The first-order chi connectivity index (χ1) is 6.27. The number of hydrogen-bond donors (Lipinski definition) is 0. The molecule has 5 heteroatoms. The molecule has 1 fully saturated rings. The molecule has 2 rings (SSSR count). The molecule has 0 aromatic carbocycles. The monoisotopic (exact) mass is 260 g/mol. The number of anilines is 1. The van der Waals surface area contributed by atoms with E-state index < -0.39 is 11.0 Å². The van der Waals surface area contributed by atoms with Crippen LogP contribution >= 0.6 is 15.9 Å². The maximum absolute atomic E-state index is 11.5. The summed E-state index contributed by atoms with van der Waals surface area (Å²) in [6.07, 6.45) is 4.47. The van der Waals surface area contributed by atoms with Gasteiger partial charge in [-0.25, -0.2) is 4.21 Å². The standard InChI is InChI=1S/C8H9BrN2OS/c9-7-4-8(6-10-5-7)11-2-1-3-13(11)12/h4-6H,1-3H2. The molecule has 0 radical (unpaired) electrons. The molecule has 0 amide bonds. The minimum absolute atomic E-state index is 0.770. The van der Waals surface area contributed by atoms with E-state index in [0.29, 0.717) is 0 Å². The fourth-order valence-electron chi connectivity index (χ4n) is 1.33. The van der Waals surface area contributed by atoms with Crippen molar-refractivity contribution in [2.75, 3.05) is 16.6 Å². The lowest BCUT2D eigenvalue weighted by molar-refractivity contribution is 0.685. The Hall–Kier alpha value is -0.420. The number of rotatable bonds is 1. The molecule has 1 saturated heterocycles. The topological polar surface area (TPSA) is 33.2 Å². The fraction of sp³-hybridized carbons (Fsp3) is 0.375. The minimum atomic E-state index is -0.847. The summed E-state index contributed by atoms with van der Waals surface area (Å²) in [5.41, 5.74) is 0.935. The molecule has 0 saturated carbocycles. The quantitative estimate of drug-likeness (QED) is 0.771. The normalized spacial score (nSPS) is 22.2. The smallest absolute Gasteiger partial charge is 0.119 e. The van der Waals surface area contributed by atoms with E-state index in [1.807, 2.05) is 10.4 Å². The highest BCUT2D eigenvalue weighted by molar-refractivity contribution is 9.10. The van der Waals surface area contributed by atoms with E-state index in [0.717, 1.165) is 28.9 Å². The van der Waals surface area contributed by atoms with E-state index in [9.17, 15) is 4.21 Å². The molecule has 0 aliphatic carbocycles. The number of halogens is 1. The summed E-state index contributed by atoms with van der Waals surface area (Å²) >= 11 is 3.34. The Morgan fingerprint density at radius 3 is 3.00 bits per heavy atom. The van der Waals surface area contributed by atoms with Crippen molar-refractivity contribution in [3.63, 3.8) is 0 Å². The fourth-order valence-corrected chi connectivity index (χ4v) is 2.94. The van der Waals surface area contributed by atoms with Gasteiger partial charge in [0.15, 0.2) is 0 Å². The van der Waals surface area contributed by atoms with Crippen molar-refractivity contribution in [2.24, 2.45) is 0 Å². The highest BCUT2D eigenvalue weighted by atomic mass is 79.9. The lowest BCUT2D eigenvalue weighted by Crippen LogP contribution is -2.19. The Balaban J connectivity index is 2.29. The van der Waals surface area contributed by atoms with Crippen LogP contribution in [-0.4, -0.2) is 21.5 Å². The molecular weight excluding hydrogens is 252 g/mol. The summed E-state index contributed by atoms with van der Waals surface area (Å²) in [6.45, 7) is 0.866. The summed E-state index contributed by atoms with van der Waals surface area (Å²) < 4.78 is 14.3. The summed E-state index contributed by atoms with van der Waals surface area (Å²) in [4.78, 5) is 4.04. The zero-order valence-corrected chi connectivity index (χ0v) is 9.34. The number of nitrogens with zero attached hydrogens (tertiary/aromatic N) is 2. The van der Waals surface area contributed by atoms with Gasteiger partial charge in [-0.3, -0.25) is 9.29 Å². The number of hydrogen-bond acceptors (Lipinski definition) is 2. The summed E-state index contributed by atoms with van der Waals surface area (Å²) in [5, 5.41) is 0. The predicted octanol–water partition coefficient (Wildman–Crippen LogP) is 1.72. The second-order valence-electron chi connectivity index (χ2n) is 2.84. The molecule has 0 N–H and O–H groups in total. The van der Waals surface area contributed by atoms with E-state index in [2.05, 4.69) is 20.9 Å². The van der Waals surface area contributed by atoms with Gasteiger partial charge in [-0.15, -0.1) is 0 Å². The van der Waals surface area contributed by atoms with Crippen LogP contribution in [0.1, 0.15) is 6.42 Å². The molecule has 0 spiro atoms. The Morgan fingerprint density at radius 2 is 2.38 bits per heavy atom. The molecule has 1 atom stereocenters. The summed E-state index contributed by atoms with van der Waals surface area (Å²) in [7, 11) is -0.847. The van der Waals surface area contributed by atoms with Crippen molar-refractivity contribution in [3.05, 3.63) is 22.9 Å². The van der Waals surface area contributed by atoms with E-state index in [4.69, 9.17) is 0 Å². The highest BCUT2D eigenvalue weighted by Crippen LogP contribution is 2.23. The Bertz CT molecular complexity index is 345. The highest BCUT2D eigenvalue weighted by Gasteiger charge is 2.20. The molecule has 13 heavy (non-hydrogen) atoms. The van der Waals surface area contributed by atoms with Gasteiger partial charge < -0.3 is 0 Å². The molecule has 1 aromatic heterocycles. The Kier molecular flexibility index (Phi) is 2.64. The molecule has 1 aliphatic rings. The van der Waals surface area contributed by atoms with Gasteiger partial charge in [-0.05, 0) is 28.4 Å². The van der Waals surface area contributed by atoms with E-state index in [-0.39, 0.29) is 0 Å². The third kappa shape index (κ3) is 1.91. The van der Waals surface area contributed by atoms with Crippen molar-refractivity contribution in [3.8, 4) is 0 Å². The Labute approximate surface area is 87.9 Å². The van der Waals surface area contributed by atoms with Gasteiger partial charge in [0.05, 0.1) is 11.9 Å². The van der Waals surface area contributed by atoms with Gasteiger partial charge in [0, 0.05) is 23.0 Å². The van der Waals surface area contributed by atoms with Gasteiger partial charge in [0.2, 0.25) is 0 Å². The van der Waals surface area contributed by atoms with Crippen molar-refractivity contribution in [2.45, 2.75) is 6.42 Å². The van der Waals surface area contributed by atoms with Gasteiger partial charge in [-0.1, -0.05) is 0 Å². The largest absolute Gasteiger partial charge is 0.290 e. The first-order valence-corrected chi connectivity index (χ1v) is 6.11. The van der Waals surface area contributed by atoms with Crippen LogP contribution < -0.4 is 4.31 Å². The van der Waals surface area contributed by atoms with E-state index >= 15 is 0 Å². The van der Waals surface area contributed by atoms with Crippen molar-refractivity contribution >= 4 is 32.6 Å². The first kappa shape index (κ1) is 9.15. The second kappa shape index (κ2) is 3.75. The lowest BCUT2D eigenvalue weighted by Gasteiger charge is -2.14. The van der Waals surface area contributed by atoms with Crippen LogP contribution in [0.25, 0.3) is 0 Å². The predicted molar refractivity (Wildman–Crippen MR) is 56.9 cm³/mol. The Morgan fingerprint density at radius 1 is 1.54 bits per heavy atom. The maximum atomic E-state index is 11.5. The molecule has 1 unspecified atom stereocenters. The van der Waals surface area contributed by atoms with Gasteiger partial charge >= 0.3 is 0 Å². The molecule has 1 aliphatic heterocycles. The van der Waals surface area contributed by atoms with Crippen LogP contribution in [0, 0.1) is 0 Å². The molecule has 1 aromatic rings. The van der Waals surface area contributed by atoms with Crippen LogP contribution in [0.4, 0.5) is 5.69 Å². The molecular formula is C8H9BrN2OS. The molecule has 3 nitrogen and oxygen atoms in total. The lowest BCUT2D eigenvalue weighted by atomic mass is 10.4. The average molecular weight is 261 g/mol. The molecule has 70 valence electrons. The van der Waals surface area contributed by atoms with Gasteiger partial charge in [0.1, 0.15) is 11.0 Å². The average Bonchev–Trinajstić information content (AvgIpc) is 2.51. The van der Waals surface area contributed by atoms with Crippen molar-refractivity contribution < 1.29 is 4.21 Å².